The Kier molecular flexibility index (Phi) is 12.6. The van der Waals surface area contributed by atoms with Gasteiger partial charge in [-0.25, -0.2) is 4.99 Å². The third-order valence-electron chi connectivity index (χ3n) is 5.90. The van der Waals surface area contributed by atoms with Crippen LogP contribution in [-0.2, 0) is 17.8 Å². The fourth-order valence-electron chi connectivity index (χ4n) is 3.85. The van der Waals surface area contributed by atoms with Gasteiger partial charge in [-0.05, 0) is 62.6 Å². The molecule has 0 atom stereocenters. The second kappa shape index (κ2) is 15.1. The van der Waals surface area contributed by atoms with Gasteiger partial charge < -0.3 is 20.1 Å². The Morgan fingerprint density at radius 2 is 1.91 bits per heavy atom. The van der Waals surface area contributed by atoms with Crippen LogP contribution in [0.5, 0.6) is 5.75 Å². The lowest BCUT2D eigenvalue weighted by Crippen LogP contribution is -2.38. The molecule has 3 rings (SSSR count). The van der Waals surface area contributed by atoms with Gasteiger partial charge in [0.25, 0.3) is 0 Å². The Hall–Kier alpha value is -1.84. The summed E-state index contributed by atoms with van der Waals surface area (Å²) in [5.41, 5.74) is 3.69. The quantitative estimate of drug-likeness (QED) is 0.255. The first-order valence-electron chi connectivity index (χ1n) is 11.7. The number of aliphatic imine (C=N–C) groups is 1. The van der Waals surface area contributed by atoms with Crippen LogP contribution in [0.25, 0.3) is 0 Å². The molecule has 1 aliphatic heterocycles. The van der Waals surface area contributed by atoms with Crippen molar-refractivity contribution in [3.63, 3.8) is 0 Å². The van der Waals surface area contributed by atoms with E-state index in [0.29, 0.717) is 19.2 Å². The second-order valence-corrected chi connectivity index (χ2v) is 8.30. The Labute approximate surface area is 216 Å². The highest BCUT2D eigenvalue weighted by atomic mass is 127. The maximum atomic E-state index is 6.03. The number of likely N-dealkylation sites (N-methyl/N-ethyl adjacent to an activating group) is 1. The van der Waals surface area contributed by atoms with Crippen LogP contribution in [-0.4, -0.2) is 56.9 Å². The summed E-state index contributed by atoms with van der Waals surface area (Å²) >= 11 is 0. The lowest BCUT2D eigenvalue weighted by molar-refractivity contribution is 0.0392. The van der Waals surface area contributed by atoms with E-state index < -0.39 is 0 Å². The van der Waals surface area contributed by atoms with Gasteiger partial charge in [0, 0.05) is 38.9 Å². The largest absolute Gasteiger partial charge is 0.492 e. The molecule has 2 N–H and O–H groups in total. The minimum atomic E-state index is 0. The molecule has 1 aliphatic rings. The fraction of sp³-hybridized carbons (Fsp3) is 0.500. The van der Waals surface area contributed by atoms with E-state index in [2.05, 4.69) is 72.8 Å². The van der Waals surface area contributed by atoms with Crippen molar-refractivity contribution in [3.05, 3.63) is 65.2 Å². The van der Waals surface area contributed by atoms with E-state index in [-0.39, 0.29) is 24.0 Å². The Bertz CT molecular complexity index is 856. The number of benzene rings is 2. The summed E-state index contributed by atoms with van der Waals surface area (Å²) in [4.78, 5) is 7.15. The maximum absolute atomic E-state index is 6.03. The van der Waals surface area contributed by atoms with Gasteiger partial charge in [-0.2, -0.15) is 0 Å². The molecule has 0 aromatic heterocycles. The van der Waals surface area contributed by atoms with Crippen molar-refractivity contribution in [2.24, 2.45) is 4.99 Å². The molecule has 0 unspecified atom stereocenters. The topological polar surface area (TPSA) is 58.1 Å². The number of ether oxygens (including phenoxy) is 2. The van der Waals surface area contributed by atoms with Crippen LogP contribution in [0, 0.1) is 6.92 Å². The van der Waals surface area contributed by atoms with Crippen molar-refractivity contribution in [1.82, 2.24) is 15.5 Å². The highest BCUT2D eigenvalue weighted by Crippen LogP contribution is 2.16. The molecule has 1 fully saturated rings. The third-order valence-corrected chi connectivity index (χ3v) is 5.90. The molecule has 0 radical (unpaired) electrons. The van der Waals surface area contributed by atoms with Crippen LogP contribution >= 0.6 is 24.0 Å². The lowest BCUT2D eigenvalue weighted by atomic mass is 10.1. The molecule has 1 heterocycles. The SMILES string of the molecule is CCNC(=NCc1cccc(OCCN(C)C2CCOCC2)c1)NCc1ccccc1C.I. The number of hydrogen-bond donors (Lipinski definition) is 2. The highest BCUT2D eigenvalue weighted by molar-refractivity contribution is 14.0. The molecule has 0 spiro atoms. The standard InChI is InChI=1S/C26H38N4O2.HI/c1-4-27-26(29-20-23-10-6-5-8-21(23)2)28-19-22-9-7-11-25(18-22)32-17-14-30(3)24-12-15-31-16-13-24;/h5-11,18,24H,4,12-17,19-20H2,1-3H3,(H2,27,28,29);1H. The number of aryl methyl sites for hydroxylation is 1. The molecule has 0 amide bonds. The number of halogens is 1. The molecule has 7 heteroatoms. The number of guanidine groups is 1. The first-order valence-corrected chi connectivity index (χ1v) is 11.7. The molecule has 1 saturated heterocycles. The molecule has 6 nitrogen and oxygen atoms in total. The maximum Gasteiger partial charge on any atom is 0.191 e. The van der Waals surface area contributed by atoms with Gasteiger partial charge in [0.1, 0.15) is 12.4 Å². The smallest absolute Gasteiger partial charge is 0.191 e. The third kappa shape index (κ3) is 9.51. The van der Waals surface area contributed by atoms with Crippen molar-refractivity contribution in [2.75, 3.05) is 40.0 Å². The summed E-state index contributed by atoms with van der Waals surface area (Å²) in [5.74, 6) is 1.72. The zero-order valence-corrected chi connectivity index (χ0v) is 22.5. The number of nitrogens with one attached hydrogen (secondary N) is 2. The fourth-order valence-corrected chi connectivity index (χ4v) is 3.85. The van der Waals surface area contributed by atoms with E-state index >= 15 is 0 Å². The van der Waals surface area contributed by atoms with Crippen molar-refractivity contribution in [1.29, 1.82) is 0 Å². The average Bonchev–Trinajstić information content (AvgIpc) is 2.82. The van der Waals surface area contributed by atoms with Crippen LogP contribution in [0.2, 0.25) is 0 Å². The van der Waals surface area contributed by atoms with E-state index in [1.807, 2.05) is 12.1 Å². The van der Waals surface area contributed by atoms with Gasteiger partial charge in [-0.1, -0.05) is 36.4 Å². The molecule has 2 aromatic carbocycles. The van der Waals surface area contributed by atoms with Gasteiger partial charge in [0.15, 0.2) is 5.96 Å². The first-order chi connectivity index (χ1) is 15.7. The monoisotopic (exact) mass is 566 g/mol. The zero-order chi connectivity index (χ0) is 22.6. The van der Waals surface area contributed by atoms with E-state index in [9.17, 15) is 0 Å². The van der Waals surface area contributed by atoms with Crippen molar-refractivity contribution in [2.45, 2.75) is 45.8 Å². The highest BCUT2D eigenvalue weighted by Gasteiger charge is 2.17. The van der Waals surface area contributed by atoms with Crippen molar-refractivity contribution in [3.8, 4) is 5.75 Å². The average molecular weight is 567 g/mol. The van der Waals surface area contributed by atoms with Gasteiger partial charge in [-0.15, -0.1) is 24.0 Å². The number of rotatable bonds is 10. The Morgan fingerprint density at radius 3 is 2.67 bits per heavy atom. The van der Waals surface area contributed by atoms with E-state index in [4.69, 9.17) is 14.5 Å². The van der Waals surface area contributed by atoms with Crippen LogP contribution in [0.15, 0.2) is 53.5 Å². The second-order valence-electron chi connectivity index (χ2n) is 8.30. The number of hydrogen-bond acceptors (Lipinski definition) is 4. The van der Waals surface area contributed by atoms with Gasteiger partial charge in [0.05, 0.1) is 6.54 Å². The van der Waals surface area contributed by atoms with Crippen LogP contribution < -0.4 is 15.4 Å². The summed E-state index contributed by atoms with van der Waals surface area (Å²) in [6, 6.07) is 17.2. The minimum absolute atomic E-state index is 0. The predicted octanol–water partition coefficient (Wildman–Crippen LogP) is 4.36. The van der Waals surface area contributed by atoms with Crippen LogP contribution in [0.3, 0.4) is 0 Å². The molecule has 2 aromatic rings. The normalized spacial score (nSPS) is 14.6. The van der Waals surface area contributed by atoms with E-state index in [0.717, 1.165) is 63.0 Å². The van der Waals surface area contributed by atoms with Crippen molar-refractivity contribution < 1.29 is 9.47 Å². The summed E-state index contributed by atoms with van der Waals surface area (Å²) in [6.07, 6.45) is 2.21. The van der Waals surface area contributed by atoms with Gasteiger partial charge in [-0.3, -0.25) is 4.90 Å². The lowest BCUT2D eigenvalue weighted by Gasteiger charge is -2.31. The van der Waals surface area contributed by atoms with Gasteiger partial charge >= 0.3 is 0 Å². The molecule has 0 saturated carbocycles. The molecule has 182 valence electrons. The molecule has 0 bridgehead atoms. The molecule has 0 aliphatic carbocycles. The van der Waals surface area contributed by atoms with Crippen LogP contribution in [0.1, 0.15) is 36.5 Å². The van der Waals surface area contributed by atoms with Crippen LogP contribution in [0.4, 0.5) is 0 Å². The van der Waals surface area contributed by atoms with Crippen molar-refractivity contribution >= 4 is 29.9 Å². The minimum Gasteiger partial charge on any atom is -0.492 e. The summed E-state index contributed by atoms with van der Waals surface area (Å²) in [6.45, 7) is 9.72. The number of nitrogens with zero attached hydrogens (tertiary/aromatic N) is 2. The predicted molar refractivity (Wildman–Crippen MR) is 147 cm³/mol. The van der Waals surface area contributed by atoms with E-state index in [1.54, 1.807) is 0 Å². The van der Waals surface area contributed by atoms with E-state index in [1.165, 1.54) is 11.1 Å². The Balaban J connectivity index is 0.00000385. The zero-order valence-electron chi connectivity index (χ0n) is 20.2. The molecular weight excluding hydrogens is 527 g/mol. The molecule has 33 heavy (non-hydrogen) atoms. The van der Waals surface area contributed by atoms with Gasteiger partial charge in [0.2, 0.25) is 0 Å². The Morgan fingerprint density at radius 1 is 1.12 bits per heavy atom. The summed E-state index contributed by atoms with van der Waals surface area (Å²) in [5, 5.41) is 6.76. The summed E-state index contributed by atoms with van der Waals surface area (Å²) in [7, 11) is 2.18. The summed E-state index contributed by atoms with van der Waals surface area (Å²) < 4.78 is 11.5. The first kappa shape index (κ1) is 27.4. The molecular formula is C26H39IN4O2.